The minimum atomic E-state index is -0.435. The highest BCUT2D eigenvalue weighted by Gasteiger charge is 2.08. The predicted molar refractivity (Wildman–Crippen MR) is 115 cm³/mol. The van der Waals surface area contributed by atoms with Crippen molar-refractivity contribution in [1.29, 1.82) is 0 Å². The molecule has 1 amide bonds. The van der Waals surface area contributed by atoms with Crippen LogP contribution in [0, 0.1) is 0 Å². The van der Waals surface area contributed by atoms with Gasteiger partial charge in [-0.3, -0.25) is 4.79 Å². The molecule has 0 aromatic heterocycles. The number of nitrogens with zero attached hydrogens (tertiary/aromatic N) is 1. The molecular weight excluding hydrogens is 488 g/mol. The molecule has 0 saturated carbocycles. The fourth-order valence-corrected chi connectivity index (χ4v) is 2.90. The molecule has 140 valence electrons. The number of halogens is 2. The summed E-state index contributed by atoms with van der Waals surface area (Å²) in [6.45, 7) is 0. The minimum Gasteiger partial charge on any atom is -0.423 e. The van der Waals surface area contributed by atoms with E-state index in [1.165, 1.54) is 6.21 Å². The molecule has 1 N–H and O–H groups in total. The quantitative estimate of drug-likeness (QED) is 0.226. The molecule has 0 fully saturated rings. The van der Waals surface area contributed by atoms with Crippen molar-refractivity contribution >= 4 is 50.0 Å². The lowest BCUT2D eigenvalue weighted by molar-refractivity contribution is 0.0734. The number of rotatable bonds is 5. The topological polar surface area (TPSA) is 67.8 Å². The second-order valence-corrected chi connectivity index (χ2v) is 7.51. The standard InChI is InChI=1S/C21H14Br2N2O3/c22-17-8-6-15(7-9-17)21(27)28-19-10-4-14(5-11-19)13-24-25-20(26)16-2-1-3-18(23)12-16/h1-13H,(H,25,26)/b24-13+. The summed E-state index contributed by atoms with van der Waals surface area (Å²) in [4.78, 5) is 24.1. The molecule has 0 aliphatic rings. The van der Waals surface area contributed by atoms with Crippen LogP contribution < -0.4 is 10.2 Å². The molecule has 3 rings (SSSR count). The Balaban J connectivity index is 1.56. The van der Waals surface area contributed by atoms with Crippen molar-refractivity contribution in [2.45, 2.75) is 0 Å². The molecule has 0 bridgehead atoms. The molecule has 0 unspecified atom stereocenters. The first-order valence-electron chi connectivity index (χ1n) is 8.18. The number of nitrogens with one attached hydrogen (secondary N) is 1. The Bertz CT molecular complexity index is 1020. The van der Waals surface area contributed by atoms with Crippen molar-refractivity contribution in [3.8, 4) is 5.75 Å². The maximum absolute atomic E-state index is 12.1. The number of hydrogen-bond acceptors (Lipinski definition) is 4. The van der Waals surface area contributed by atoms with E-state index in [1.54, 1.807) is 66.7 Å². The Kier molecular flexibility index (Phi) is 6.73. The molecule has 0 aliphatic heterocycles. The first-order valence-corrected chi connectivity index (χ1v) is 9.77. The Labute approximate surface area is 178 Å². The van der Waals surface area contributed by atoms with Crippen LogP contribution in [0.2, 0.25) is 0 Å². The fraction of sp³-hybridized carbons (Fsp3) is 0. The van der Waals surface area contributed by atoms with E-state index in [0.717, 1.165) is 14.5 Å². The van der Waals surface area contributed by atoms with Crippen LogP contribution in [-0.2, 0) is 0 Å². The minimum absolute atomic E-state index is 0.308. The number of ether oxygens (including phenoxy) is 1. The number of amides is 1. The average Bonchev–Trinajstić information content (AvgIpc) is 2.69. The van der Waals surface area contributed by atoms with Gasteiger partial charge in [0.15, 0.2) is 0 Å². The number of carbonyl (C=O) groups is 2. The molecule has 7 heteroatoms. The fourth-order valence-electron chi connectivity index (χ4n) is 2.23. The Morgan fingerprint density at radius 1 is 0.857 bits per heavy atom. The second kappa shape index (κ2) is 9.43. The zero-order valence-corrected chi connectivity index (χ0v) is 17.6. The van der Waals surface area contributed by atoms with Crippen LogP contribution in [0.1, 0.15) is 26.3 Å². The summed E-state index contributed by atoms with van der Waals surface area (Å²) in [6, 6.07) is 20.7. The van der Waals surface area contributed by atoms with Gasteiger partial charge < -0.3 is 4.74 Å². The molecule has 3 aromatic rings. The lowest BCUT2D eigenvalue weighted by Gasteiger charge is -2.05. The van der Waals surface area contributed by atoms with Crippen LogP contribution in [0.15, 0.2) is 86.8 Å². The van der Waals surface area contributed by atoms with Crippen molar-refractivity contribution in [3.63, 3.8) is 0 Å². The van der Waals surface area contributed by atoms with Gasteiger partial charge in [-0.05, 0) is 72.3 Å². The lowest BCUT2D eigenvalue weighted by Crippen LogP contribution is -2.17. The van der Waals surface area contributed by atoms with Gasteiger partial charge in [0.2, 0.25) is 0 Å². The van der Waals surface area contributed by atoms with E-state index in [0.29, 0.717) is 16.9 Å². The van der Waals surface area contributed by atoms with Crippen LogP contribution >= 0.6 is 31.9 Å². The maximum atomic E-state index is 12.1. The van der Waals surface area contributed by atoms with Crippen molar-refractivity contribution < 1.29 is 14.3 Å². The highest BCUT2D eigenvalue weighted by Crippen LogP contribution is 2.16. The van der Waals surface area contributed by atoms with Crippen LogP contribution in [0.5, 0.6) is 5.75 Å². The summed E-state index contributed by atoms with van der Waals surface area (Å²) in [5, 5.41) is 3.94. The summed E-state index contributed by atoms with van der Waals surface area (Å²) in [5.74, 6) is -0.323. The third-order valence-corrected chi connectivity index (χ3v) is 4.66. The van der Waals surface area contributed by atoms with Gasteiger partial charge in [0.05, 0.1) is 11.8 Å². The summed E-state index contributed by atoms with van der Waals surface area (Å²) >= 11 is 6.64. The number of hydrazone groups is 1. The smallest absolute Gasteiger partial charge is 0.343 e. The monoisotopic (exact) mass is 500 g/mol. The van der Waals surface area contributed by atoms with Gasteiger partial charge in [0.25, 0.3) is 5.91 Å². The van der Waals surface area contributed by atoms with Crippen LogP contribution in [0.25, 0.3) is 0 Å². The first kappa shape index (κ1) is 20.0. The number of esters is 1. The molecule has 0 spiro atoms. The second-order valence-electron chi connectivity index (χ2n) is 5.67. The van der Waals surface area contributed by atoms with Crippen LogP contribution in [-0.4, -0.2) is 18.1 Å². The van der Waals surface area contributed by atoms with Crippen LogP contribution in [0.4, 0.5) is 0 Å². The zero-order valence-electron chi connectivity index (χ0n) is 14.4. The molecule has 5 nitrogen and oxygen atoms in total. The Hall–Kier alpha value is -2.77. The molecular formula is C21H14Br2N2O3. The summed E-state index contributed by atoms with van der Waals surface area (Å²) < 4.78 is 7.04. The molecule has 3 aromatic carbocycles. The summed E-state index contributed by atoms with van der Waals surface area (Å²) in [5.41, 5.74) is 4.18. The SMILES string of the molecule is O=C(N/N=C/c1ccc(OC(=O)c2ccc(Br)cc2)cc1)c1cccc(Br)c1. The van der Waals surface area contributed by atoms with Crippen molar-refractivity contribution in [3.05, 3.63) is 98.4 Å². The van der Waals surface area contributed by atoms with Gasteiger partial charge in [0.1, 0.15) is 5.75 Å². The number of hydrogen-bond donors (Lipinski definition) is 1. The maximum Gasteiger partial charge on any atom is 0.343 e. The van der Waals surface area contributed by atoms with Crippen molar-refractivity contribution in [1.82, 2.24) is 5.43 Å². The molecule has 0 aliphatic carbocycles. The van der Waals surface area contributed by atoms with Gasteiger partial charge in [-0.25, -0.2) is 10.2 Å². The van der Waals surface area contributed by atoms with Gasteiger partial charge in [0, 0.05) is 14.5 Å². The van der Waals surface area contributed by atoms with Gasteiger partial charge >= 0.3 is 5.97 Å². The molecule has 0 heterocycles. The Morgan fingerprint density at radius 2 is 1.57 bits per heavy atom. The van der Waals surface area contributed by atoms with E-state index < -0.39 is 5.97 Å². The van der Waals surface area contributed by atoms with E-state index >= 15 is 0 Å². The third-order valence-electron chi connectivity index (χ3n) is 3.64. The van der Waals surface area contributed by atoms with E-state index in [-0.39, 0.29) is 5.91 Å². The normalized spacial score (nSPS) is 10.6. The Morgan fingerprint density at radius 3 is 2.25 bits per heavy atom. The van der Waals surface area contributed by atoms with E-state index in [4.69, 9.17) is 4.74 Å². The van der Waals surface area contributed by atoms with Crippen molar-refractivity contribution in [2.24, 2.45) is 5.10 Å². The van der Waals surface area contributed by atoms with E-state index in [1.807, 2.05) is 6.07 Å². The molecule has 0 atom stereocenters. The molecule has 28 heavy (non-hydrogen) atoms. The van der Waals surface area contributed by atoms with Crippen LogP contribution in [0.3, 0.4) is 0 Å². The molecule has 0 saturated heterocycles. The molecule has 0 radical (unpaired) electrons. The summed E-state index contributed by atoms with van der Waals surface area (Å²) in [7, 11) is 0. The highest BCUT2D eigenvalue weighted by molar-refractivity contribution is 9.10. The number of benzene rings is 3. The van der Waals surface area contributed by atoms with E-state index in [2.05, 4.69) is 42.4 Å². The lowest BCUT2D eigenvalue weighted by atomic mass is 10.2. The van der Waals surface area contributed by atoms with Gasteiger partial charge in [-0.15, -0.1) is 0 Å². The predicted octanol–water partition coefficient (Wildman–Crippen LogP) is 5.19. The zero-order chi connectivity index (χ0) is 19.9. The summed E-state index contributed by atoms with van der Waals surface area (Å²) in [6.07, 6.45) is 1.51. The largest absolute Gasteiger partial charge is 0.423 e. The average molecular weight is 502 g/mol. The van der Waals surface area contributed by atoms with Crippen molar-refractivity contribution in [2.75, 3.05) is 0 Å². The first-order chi connectivity index (χ1) is 13.5. The third kappa shape index (κ3) is 5.61. The highest BCUT2D eigenvalue weighted by atomic mass is 79.9. The van der Waals surface area contributed by atoms with Gasteiger partial charge in [-0.1, -0.05) is 37.9 Å². The van der Waals surface area contributed by atoms with Gasteiger partial charge in [-0.2, -0.15) is 5.10 Å². The van der Waals surface area contributed by atoms with E-state index in [9.17, 15) is 9.59 Å². The number of carbonyl (C=O) groups excluding carboxylic acids is 2.